The first-order chi connectivity index (χ1) is 16.0. The number of aliphatic hydroxyl groups is 1. The number of aliphatic imine (C=N–C) groups is 1. The SMILES string of the molecule is CCC(C)C(N)C(=O)NC(CCSC)C(=O)NC(CO)C(=O)NC(CCCN=C(N)N)C(N)=O. The Morgan fingerprint density at radius 3 is 2.00 bits per heavy atom. The standard InChI is InChI=1S/C20H40N8O5S/c1-4-11(2)15(21)19(33)27-13(7-9-34-3)17(31)28-14(10-29)18(32)26-12(16(22)30)6-5-8-25-20(23)24/h11-15,29H,4-10,21H2,1-3H3,(H2,22,30)(H,26,32)(H,27,33)(H,28,31)(H4,23,24,25). The highest BCUT2D eigenvalue weighted by Gasteiger charge is 2.30. The molecule has 34 heavy (non-hydrogen) atoms. The van der Waals surface area contributed by atoms with E-state index >= 15 is 0 Å². The van der Waals surface area contributed by atoms with Crippen LogP contribution in [0.3, 0.4) is 0 Å². The van der Waals surface area contributed by atoms with Gasteiger partial charge in [-0.1, -0.05) is 20.3 Å². The van der Waals surface area contributed by atoms with Crippen LogP contribution >= 0.6 is 11.8 Å². The monoisotopic (exact) mass is 504 g/mol. The number of hydrogen-bond donors (Lipinski definition) is 8. The summed E-state index contributed by atoms with van der Waals surface area (Å²) in [7, 11) is 0. The average molecular weight is 505 g/mol. The van der Waals surface area contributed by atoms with Crippen molar-refractivity contribution in [1.29, 1.82) is 0 Å². The molecule has 0 saturated carbocycles. The maximum atomic E-state index is 12.8. The molecule has 0 fully saturated rings. The second-order valence-electron chi connectivity index (χ2n) is 7.91. The number of thioether (sulfide) groups is 1. The Bertz CT molecular complexity index is 704. The number of guanidine groups is 1. The van der Waals surface area contributed by atoms with Crippen molar-refractivity contribution in [3.8, 4) is 0 Å². The Kier molecular flexibility index (Phi) is 15.7. The lowest BCUT2D eigenvalue weighted by molar-refractivity contribution is -0.134. The van der Waals surface area contributed by atoms with Crippen molar-refractivity contribution in [1.82, 2.24) is 16.0 Å². The van der Waals surface area contributed by atoms with Crippen LogP contribution in [0.4, 0.5) is 0 Å². The molecule has 0 aromatic carbocycles. The van der Waals surface area contributed by atoms with E-state index in [1.54, 1.807) is 0 Å². The third-order valence-corrected chi connectivity index (χ3v) is 5.87. The summed E-state index contributed by atoms with van der Waals surface area (Å²) < 4.78 is 0. The van der Waals surface area contributed by atoms with Gasteiger partial charge in [0.05, 0.1) is 12.6 Å². The normalized spacial score (nSPS) is 15.2. The summed E-state index contributed by atoms with van der Waals surface area (Å²) in [6, 6.07) is -4.15. The molecule has 196 valence electrons. The maximum Gasteiger partial charge on any atom is 0.245 e. The quantitative estimate of drug-likeness (QED) is 0.0574. The molecule has 5 unspecified atom stereocenters. The summed E-state index contributed by atoms with van der Waals surface area (Å²) in [5.41, 5.74) is 21.8. The molecule has 0 aliphatic rings. The van der Waals surface area contributed by atoms with Gasteiger partial charge in [-0.2, -0.15) is 11.8 Å². The van der Waals surface area contributed by atoms with Gasteiger partial charge in [-0.05, 0) is 37.2 Å². The fraction of sp³-hybridized carbons (Fsp3) is 0.750. The molecule has 5 atom stereocenters. The second kappa shape index (κ2) is 16.9. The van der Waals surface area contributed by atoms with Gasteiger partial charge in [0.2, 0.25) is 23.6 Å². The van der Waals surface area contributed by atoms with Crippen molar-refractivity contribution in [2.45, 2.75) is 63.7 Å². The summed E-state index contributed by atoms with van der Waals surface area (Å²) >= 11 is 1.48. The molecule has 0 radical (unpaired) electrons. The first kappa shape index (κ1) is 31.4. The van der Waals surface area contributed by atoms with Crippen LogP contribution in [0.15, 0.2) is 4.99 Å². The van der Waals surface area contributed by atoms with Crippen molar-refractivity contribution in [3.05, 3.63) is 0 Å². The number of rotatable bonds is 17. The Morgan fingerprint density at radius 2 is 1.50 bits per heavy atom. The Labute approximate surface area is 204 Å². The highest BCUT2D eigenvalue weighted by atomic mass is 32.2. The molecule has 0 heterocycles. The zero-order chi connectivity index (χ0) is 26.3. The minimum Gasteiger partial charge on any atom is -0.394 e. The lowest BCUT2D eigenvalue weighted by Crippen LogP contribution is -2.59. The van der Waals surface area contributed by atoms with Gasteiger partial charge in [-0.15, -0.1) is 0 Å². The van der Waals surface area contributed by atoms with Crippen molar-refractivity contribution < 1.29 is 24.3 Å². The van der Waals surface area contributed by atoms with Crippen LogP contribution in [0, 0.1) is 5.92 Å². The minimum atomic E-state index is -1.36. The van der Waals surface area contributed by atoms with Gasteiger partial charge in [-0.25, -0.2) is 0 Å². The zero-order valence-electron chi connectivity index (χ0n) is 20.1. The third kappa shape index (κ3) is 12.0. The van der Waals surface area contributed by atoms with E-state index in [9.17, 15) is 24.3 Å². The lowest BCUT2D eigenvalue weighted by Gasteiger charge is -2.25. The number of aliphatic hydroxyl groups excluding tert-OH is 1. The van der Waals surface area contributed by atoms with Gasteiger partial charge in [0.25, 0.3) is 0 Å². The molecule has 14 heteroatoms. The number of amides is 4. The van der Waals surface area contributed by atoms with Gasteiger partial charge >= 0.3 is 0 Å². The number of nitrogens with zero attached hydrogens (tertiary/aromatic N) is 1. The Balaban J connectivity index is 5.18. The molecule has 13 nitrogen and oxygen atoms in total. The third-order valence-electron chi connectivity index (χ3n) is 5.22. The summed E-state index contributed by atoms with van der Waals surface area (Å²) in [6.07, 6.45) is 3.35. The second-order valence-corrected chi connectivity index (χ2v) is 8.90. The fourth-order valence-electron chi connectivity index (χ4n) is 2.81. The highest BCUT2D eigenvalue weighted by Crippen LogP contribution is 2.08. The number of nitrogens with one attached hydrogen (secondary N) is 3. The van der Waals surface area contributed by atoms with Crippen molar-refractivity contribution in [3.63, 3.8) is 0 Å². The van der Waals surface area contributed by atoms with Gasteiger partial charge in [0.15, 0.2) is 5.96 Å². The van der Waals surface area contributed by atoms with E-state index in [0.717, 1.165) is 0 Å². The molecule has 0 aromatic heterocycles. The van der Waals surface area contributed by atoms with E-state index in [4.69, 9.17) is 22.9 Å². The van der Waals surface area contributed by atoms with Crippen LogP contribution in [-0.2, 0) is 19.2 Å². The summed E-state index contributed by atoms with van der Waals surface area (Å²) in [5, 5.41) is 17.1. The maximum absolute atomic E-state index is 12.8. The van der Waals surface area contributed by atoms with Gasteiger partial charge in [0.1, 0.15) is 18.1 Å². The van der Waals surface area contributed by atoms with E-state index in [1.807, 2.05) is 20.1 Å². The average Bonchev–Trinajstić information content (AvgIpc) is 2.79. The van der Waals surface area contributed by atoms with E-state index in [0.29, 0.717) is 25.0 Å². The molecular formula is C20H40N8O5S. The minimum absolute atomic E-state index is 0.0852. The topological polar surface area (TPSA) is 241 Å². The first-order valence-electron chi connectivity index (χ1n) is 11.1. The number of carbonyl (C=O) groups excluding carboxylic acids is 4. The van der Waals surface area contributed by atoms with E-state index in [1.165, 1.54) is 11.8 Å². The molecule has 0 aliphatic carbocycles. The van der Waals surface area contributed by atoms with Crippen LogP contribution < -0.4 is 38.9 Å². The largest absolute Gasteiger partial charge is 0.394 e. The number of hydrogen-bond acceptors (Lipinski definition) is 8. The first-order valence-corrected chi connectivity index (χ1v) is 12.5. The molecule has 0 spiro atoms. The van der Waals surface area contributed by atoms with Crippen LogP contribution in [0.5, 0.6) is 0 Å². The van der Waals surface area contributed by atoms with Crippen molar-refractivity contribution in [2.75, 3.05) is 25.2 Å². The van der Waals surface area contributed by atoms with Crippen LogP contribution in [0.25, 0.3) is 0 Å². The van der Waals surface area contributed by atoms with Crippen molar-refractivity contribution in [2.24, 2.45) is 33.8 Å². The van der Waals surface area contributed by atoms with Gasteiger partial charge < -0.3 is 44.0 Å². The van der Waals surface area contributed by atoms with Crippen LogP contribution in [0.1, 0.15) is 39.5 Å². The van der Waals surface area contributed by atoms with Gasteiger partial charge in [-0.3, -0.25) is 24.2 Å². The van der Waals surface area contributed by atoms with Crippen molar-refractivity contribution >= 4 is 41.4 Å². The molecule has 4 amide bonds. The summed E-state index contributed by atoms with van der Waals surface area (Å²) in [6.45, 7) is 3.24. The molecule has 0 saturated heterocycles. The molecule has 12 N–H and O–H groups in total. The summed E-state index contributed by atoms with van der Waals surface area (Å²) in [5.74, 6) is -2.34. The Morgan fingerprint density at radius 1 is 0.941 bits per heavy atom. The number of primary amides is 1. The van der Waals surface area contributed by atoms with E-state index in [2.05, 4.69) is 20.9 Å². The lowest BCUT2D eigenvalue weighted by atomic mass is 9.99. The highest BCUT2D eigenvalue weighted by molar-refractivity contribution is 7.98. The van der Waals surface area contributed by atoms with Crippen LogP contribution in [-0.4, -0.2) is 84.0 Å². The molecular weight excluding hydrogens is 464 g/mol. The molecule has 0 aromatic rings. The van der Waals surface area contributed by atoms with E-state index < -0.39 is 54.4 Å². The summed E-state index contributed by atoms with van der Waals surface area (Å²) in [4.78, 5) is 53.4. The molecule has 0 aliphatic heterocycles. The Hall–Kier alpha value is -2.58. The van der Waals surface area contributed by atoms with E-state index in [-0.39, 0.29) is 24.8 Å². The van der Waals surface area contributed by atoms with Gasteiger partial charge in [0, 0.05) is 6.54 Å². The fourth-order valence-corrected chi connectivity index (χ4v) is 3.28. The number of nitrogens with two attached hydrogens (primary N) is 4. The molecule has 0 bridgehead atoms. The smallest absolute Gasteiger partial charge is 0.245 e. The predicted molar refractivity (Wildman–Crippen MR) is 132 cm³/mol. The number of carbonyl (C=O) groups is 4. The molecule has 0 rings (SSSR count). The zero-order valence-corrected chi connectivity index (χ0v) is 20.9. The predicted octanol–water partition coefficient (Wildman–Crippen LogP) is -2.90. The van der Waals surface area contributed by atoms with Crippen LogP contribution in [0.2, 0.25) is 0 Å².